The van der Waals surface area contributed by atoms with Crippen LogP contribution in [0.5, 0.6) is 0 Å². The standard InChI is InChI=1S/C15H16N4OS/c1-9-4-3-5-12-13(9)21-15(17-12)19-7-6-11(8-19)14-16-10(2)18-20-14/h3-5,11H,6-8H2,1-2H3. The lowest BCUT2D eigenvalue weighted by molar-refractivity contribution is 0.356. The first-order chi connectivity index (χ1) is 10.2. The molecule has 1 fully saturated rings. The summed E-state index contributed by atoms with van der Waals surface area (Å²) in [6, 6.07) is 6.28. The van der Waals surface area contributed by atoms with Gasteiger partial charge in [0.25, 0.3) is 0 Å². The molecule has 21 heavy (non-hydrogen) atoms. The summed E-state index contributed by atoms with van der Waals surface area (Å²) in [7, 11) is 0. The van der Waals surface area contributed by atoms with Gasteiger partial charge < -0.3 is 9.42 Å². The van der Waals surface area contributed by atoms with Crippen molar-refractivity contribution in [3.05, 3.63) is 35.5 Å². The number of fused-ring (bicyclic) bond motifs is 1. The summed E-state index contributed by atoms with van der Waals surface area (Å²) in [5, 5.41) is 4.98. The Balaban J connectivity index is 1.60. The van der Waals surface area contributed by atoms with Crippen LogP contribution < -0.4 is 4.90 Å². The predicted molar refractivity (Wildman–Crippen MR) is 83.0 cm³/mol. The monoisotopic (exact) mass is 300 g/mol. The lowest BCUT2D eigenvalue weighted by Gasteiger charge is -2.13. The first kappa shape index (κ1) is 12.8. The average Bonchev–Trinajstić information content (AvgIpc) is 3.15. The molecule has 0 aliphatic carbocycles. The van der Waals surface area contributed by atoms with E-state index in [4.69, 9.17) is 9.51 Å². The zero-order valence-electron chi connectivity index (χ0n) is 12.0. The number of nitrogens with zero attached hydrogens (tertiary/aromatic N) is 4. The summed E-state index contributed by atoms with van der Waals surface area (Å²) in [5.41, 5.74) is 2.38. The number of rotatable bonds is 2. The van der Waals surface area contributed by atoms with Gasteiger partial charge >= 0.3 is 0 Å². The van der Waals surface area contributed by atoms with E-state index in [0.29, 0.717) is 11.7 Å². The molecule has 3 aromatic rings. The van der Waals surface area contributed by atoms with Gasteiger partial charge in [0.1, 0.15) is 0 Å². The molecule has 1 aliphatic rings. The third-order valence-electron chi connectivity index (χ3n) is 3.95. The van der Waals surface area contributed by atoms with Crippen LogP contribution >= 0.6 is 11.3 Å². The molecule has 1 aliphatic heterocycles. The van der Waals surface area contributed by atoms with Crippen molar-refractivity contribution >= 4 is 26.7 Å². The first-order valence-corrected chi connectivity index (χ1v) is 7.93. The Bertz CT molecular complexity index is 794. The molecule has 0 spiro atoms. The summed E-state index contributed by atoms with van der Waals surface area (Å²) in [4.78, 5) is 11.5. The number of aryl methyl sites for hydroxylation is 2. The molecule has 0 saturated carbocycles. The molecule has 1 atom stereocenters. The van der Waals surface area contributed by atoms with Crippen molar-refractivity contribution in [3.8, 4) is 0 Å². The van der Waals surface area contributed by atoms with Crippen LogP contribution in [0, 0.1) is 13.8 Å². The zero-order valence-corrected chi connectivity index (χ0v) is 12.9. The second kappa shape index (κ2) is 4.80. The highest BCUT2D eigenvalue weighted by atomic mass is 32.1. The lowest BCUT2D eigenvalue weighted by atomic mass is 10.1. The first-order valence-electron chi connectivity index (χ1n) is 7.12. The summed E-state index contributed by atoms with van der Waals surface area (Å²) in [6.07, 6.45) is 1.04. The molecule has 1 saturated heterocycles. The molecule has 4 rings (SSSR count). The zero-order chi connectivity index (χ0) is 14.4. The predicted octanol–water partition coefficient (Wildman–Crippen LogP) is 3.29. The van der Waals surface area contributed by atoms with Crippen molar-refractivity contribution in [2.24, 2.45) is 0 Å². The fourth-order valence-corrected chi connectivity index (χ4v) is 3.89. The Labute approximate surface area is 126 Å². The Kier molecular flexibility index (Phi) is 2.92. The number of hydrogen-bond donors (Lipinski definition) is 0. The van der Waals surface area contributed by atoms with Gasteiger partial charge in [-0.15, -0.1) is 0 Å². The van der Waals surface area contributed by atoms with E-state index >= 15 is 0 Å². The summed E-state index contributed by atoms with van der Waals surface area (Å²) in [5.74, 6) is 1.78. The van der Waals surface area contributed by atoms with Crippen molar-refractivity contribution < 1.29 is 4.52 Å². The second-order valence-corrected chi connectivity index (χ2v) is 6.51. The maximum atomic E-state index is 5.31. The third kappa shape index (κ3) is 2.19. The van der Waals surface area contributed by atoms with Crippen molar-refractivity contribution in [3.63, 3.8) is 0 Å². The molecule has 0 radical (unpaired) electrons. The summed E-state index contributed by atoms with van der Waals surface area (Å²) >= 11 is 1.77. The Morgan fingerprint density at radius 1 is 1.29 bits per heavy atom. The van der Waals surface area contributed by atoms with Crippen molar-refractivity contribution in [1.29, 1.82) is 0 Å². The summed E-state index contributed by atoms with van der Waals surface area (Å²) in [6.45, 7) is 5.89. The molecular weight excluding hydrogens is 284 g/mol. The Morgan fingerprint density at radius 2 is 2.19 bits per heavy atom. The van der Waals surface area contributed by atoms with Crippen LogP contribution in [-0.4, -0.2) is 28.2 Å². The van der Waals surface area contributed by atoms with Crippen LogP contribution in [0.2, 0.25) is 0 Å². The van der Waals surface area contributed by atoms with E-state index < -0.39 is 0 Å². The topological polar surface area (TPSA) is 55.1 Å². The number of anilines is 1. The molecule has 0 N–H and O–H groups in total. The van der Waals surface area contributed by atoms with Gasteiger partial charge in [-0.25, -0.2) is 4.98 Å². The van der Waals surface area contributed by atoms with E-state index in [-0.39, 0.29) is 0 Å². The van der Waals surface area contributed by atoms with Crippen LogP contribution in [0.3, 0.4) is 0 Å². The molecule has 108 valence electrons. The molecular formula is C15H16N4OS. The minimum atomic E-state index is 0.319. The van der Waals surface area contributed by atoms with Gasteiger partial charge in [-0.2, -0.15) is 4.98 Å². The molecule has 1 unspecified atom stereocenters. The van der Waals surface area contributed by atoms with Gasteiger partial charge in [0, 0.05) is 13.1 Å². The Morgan fingerprint density at radius 3 is 2.95 bits per heavy atom. The van der Waals surface area contributed by atoms with Gasteiger partial charge in [0.15, 0.2) is 11.0 Å². The van der Waals surface area contributed by atoms with Crippen molar-refractivity contribution in [2.75, 3.05) is 18.0 Å². The van der Waals surface area contributed by atoms with E-state index in [1.807, 2.05) is 6.92 Å². The van der Waals surface area contributed by atoms with Gasteiger partial charge in [-0.05, 0) is 31.9 Å². The van der Waals surface area contributed by atoms with Crippen molar-refractivity contribution in [2.45, 2.75) is 26.2 Å². The highest BCUT2D eigenvalue weighted by Crippen LogP contribution is 2.35. The maximum Gasteiger partial charge on any atom is 0.231 e. The van der Waals surface area contributed by atoms with Crippen molar-refractivity contribution in [1.82, 2.24) is 15.1 Å². The largest absolute Gasteiger partial charge is 0.347 e. The Hall–Kier alpha value is -1.95. The number of benzene rings is 1. The van der Waals surface area contributed by atoms with E-state index in [9.17, 15) is 0 Å². The minimum absolute atomic E-state index is 0.319. The number of aromatic nitrogens is 3. The van der Waals surface area contributed by atoms with E-state index in [1.54, 1.807) is 11.3 Å². The fraction of sp³-hybridized carbons (Fsp3) is 0.400. The highest BCUT2D eigenvalue weighted by molar-refractivity contribution is 7.22. The highest BCUT2D eigenvalue weighted by Gasteiger charge is 2.29. The van der Waals surface area contributed by atoms with E-state index in [1.165, 1.54) is 10.3 Å². The summed E-state index contributed by atoms with van der Waals surface area (Å²) < 4.78 is 6.59. The molecule has 6 heteroatoms. The fourth-order valence-electron chi connectivity index (χ4n) is 2.82. The molecule has 3 heterocycles. The van der Waals surface area contributed by atoms with E-state index in [2.05, 4.69) is 40.2 Å². The number of hydrogen-bond acceptors (Lipinski definition) is 6. The van der Waals surface area contributed by atoms with Gasteiger partial charge in [0.2, 0.25) is 5.89 Å². The van der Waals surface area contributed by atoms with Gasteiger partial charge in [-0.3, -0.25) is 0 Å². The molecule has 0 amide bonds. The molecule has 5 nitrogen and oxygen atoms in total. The smallest absolute Gasteiger partial charge is 0.231 e. The SMILES string of the molecule is Cc1noc(C2CCN(c3nc4cccc(C)c4s3)C2)n1. The van der Waals surface area contributed by atoms with Crippen LogP contribution in [0.1, 0.15) is 29.6 Å². The second-order valence-electron chi connectivity index (χ2n) is 5.53. The average molecular weight is 300 g/mol. The van der Waals surface area contributed by atoms with Crippen LogP contribution in [0.25, 0.3) is 10.2 Å². The minimum Gasteiger partial charge on any atom is -0.347 e. The van der Waals surface area contributed by atoms with E-state index in [0.717, 1.165) is 36.0 Å². The normalized spacial score (nSPS) is 18.8. The molecule has 1 aromatic carbocycles. The molecule has 0 bridgehead atoms. The number of thiazole rings is 1. The van der Waals surface area contributed by atoms with Crippen LogP contribution in [-0.2, 0) is 0 Å². The maximum absolute atomic E-state index is 5.31. The quantitative estimate of drug-likeness (QED) is 0.727. The third-order valence-corrected chi connectivity index (χ3v) is 5.22. The van der Waals surface area contributed by atoms with Crippen LogP contribution in [0.4, 0.5) is 5.13 Å². The lowest BCUT2D eigenvalue weighted by Crippen LogP contribution is -2.18. The van der Waals surface area contributed by atoms with Gasteiger partial charge in [0.05, 0.1) is 16.1 Å². The van der Waals surface area contributed by atoms with Crippen LogP contribution in [0.15, 0.2) is 22.7 Å². The van der Waals surface area contributed by atoms with Gasteiger partial charge in [-0.1, -0.05) is 28.6 Å². The molecule has 2 aromatic heterocycles.